The lowest BCUT2D eigenvalue weighted by atomic mass is 9.90. The molecule has 3 aromatic rings. The van der Waals surface area contributed by atoms with Crippen LogP contribution in [0.4, 0.5) is 10.7 Å². The van der Waals surface area contributed by atoms with Crippen LogP contribution in [0.1, 0.15) is 51.0 Å². The van der Waals surface area contributed by atoms with E-state index in [9.17, 15) is 24.3 Å². The average Bonchev–Trinajstić information content (AvgIpc) is 3.61. The van der Waals surface area contributed by atoms with E-state index >= 15 is 0 Å². The van der Waals surface area contributed by atoms with Crippen molar-refractivity contribution in [2.75, 3.05) is 30.3 Å². The highest BCUT2D eigenvalue weighted by molar-refractivity contribution is 9.10. The summed E-state index contributed by atoms with van der Waals surface area (Å²) in [5, 5.41) is 12.0. The predicted octanol–water partition coefficient (Wildman–Crippen LogP) is 4.94. The van der Waals surface area contributed by atoms with E-state index in [2.05, 4.69) is 15.9 Å². The lowest BCUT2D eigenvalue weighted by molar-refractivity contribution is -0.126. The number of rotatable bonds is 8. The van der Waals surface area contributed by atoms with Gasteiger partial charge in [0.25, 0.3) is 5.91 Å². The molecule has 0 unspecified atom stereocenters. The Kier molecular flexibility index (Phi) is 8.26. The summed E-state index contributed by atoms with van der Waals surface area (Å²) in [6.07, 6.45) is -1.25. The number of carbonyl (C=O) groups is 4. The standard InChI is InChI=1S/C29H27BrN2O9S/c1-5-39-18-13-15(12-17(30)22(18)33)21-20-23(41-32(21)16-10-8-7-9-11-16)26(35)31(25(20)34)27-19(28(36)38-4)14(3)24(42-27)29(37)40-6-2/h7-13,20-21,23,33H,5-6H2,1-4H3/t20-,21-,23+/m0/s1. The van der Waals surface area contributed by atoms with Crippen LogP contribution in [0.15, 0.2) is 46.9 Å². The number of ether oxygens (including phenoxy) is 3. The molecule has 3 atom stereocenters. The number of esters is 2. The summed E-state index contributed by atoms with van der Waals surface area (Å²) < 4.78 is 16.0. The van der Waals surface area contributed by atoms with E-state index in [0.29, 0.717) is 15.7 Å². The molecule has 2 aliphatic rings. The van der Waals surface area contributed by atoms with Crippen molar-refractivity contribution < 1.29 is 43.3 Å². The fraction of sp³-hybridized carbons (Fsp3) is 0.310. The Bertz CT molecular complexity index is 1570. The number of hydroxylamine groups is 1. The highest BCUT2D eigenvalue weighted by Gasteiger charge is 2.61. The monoisotopic (exact) mass is 658 g/mol. The number of para-hydroxylation sites is 1. The summed E-state index contributed by atoms with van der Waals surface area (Å²) in [6, 6.07) is 11.4. The molecule has 0 aliphatic carbocycles. The number of fused-ring (bicyclic) bond motifs is 1. The van der Waals surface area contributed by atoms with Gasteiger partial charge in [0.05, 0.1) is 42.1 Å². The zero-order valence-corrected chi connectivity index (χ0v) is 25.5. The number of phenolic OH excluding ortho intramolecular Hbond substituents is 1. The quantitative estimate of drug-likeness (QED) is 0.262. The molecule has 2 fully saturated rings. The van der Waals surface area contributed by atoms with Gasteiger partial charge in [-0.1, -0.05) is 18.2 Å². The lowest BCUT2D eigenvalue weighted by Gasteiger charge is -2.29. The van der Waals surface area contributed by atoms with Gasteiger partial charge in [0.2, 0.25) is 5.91 Å². The van der Waals surface area contributed by atoms with E-state index in [4.69, 9.17) is 19.0 Å². The number of methoxy groups -OCH3 is 1. The number of halogens is 1. The number of amides is 2. The minimum Gasteiger partial charge on any atom is -0.503 e. The third-order valence-corrected chi connectivity index (χ3v) is 8.86. The van der Waals surface area contributed by atoms with Crippen LogP contribution < -0.4 is 14.7 Å². The Morgan fingerprint density at radius 1 is 1.07 bits per heavy atom. The minimum absolute atomic E-state index is 0.0395. The summed E-state index contributed by atoms with van der Waals surface area (Å²) in [7, 11) is 1.17. The first-order chi connectivity index (χ1) is 20.1. The summed E-state index contributed by atoms with van der Waals surface area (Å²) in [4.78, 5) is 60.9. The Hall–Kier alpha value is -3.94. The number of hydrogen-bond acceptors (Lipinski definition) is 11. The van der Waals surface area contributed by atoms with Gasteiger partial charge in [-0.2, -0.15) is 0 Å². The molecule has 2 amide bonds. The molecule has 5 rings (SSSR count). The Morgan fingerprint density at radius 3 is 2.43 bits per heavy atom. The van der Waals surface area contributed by atoms with Crippen LogP contribution in [0.5, 0.6) is 11.5 Å². The summed E-state index contributed by atoms with van der Waals surface area (Å²) in [5.74, 6) is -3.79. The molecular weight excluding hydrogens is 632 g/mol. The van der Waals surface area contributed by atoms with Gasteiger partial charge in [-0.3, -0.25) is 14.4 Å². The van der Waals surface area contributed by atoms with Crippen molar-refractivity contribution >= 4 is 61.7 Å². The largest absolute Gasteiger partial charge is 0.503 e. The predicted molar refractivity (Wildman–Crippen MR) is 156 cm³/mol. The molecule has 2 aliphatic heterocycles. The first-order valence-corrected chi connectivity index (χ1v) is 14.7. The van der Waals surface area contributed by atoms with Crippen LogP contribution in [-0.4, -0.2) is 55.3 Å². The van der Waals surface area contributed by atoms with Gasteiger partial charge in [-0.15, -0.1) is 11.3 Å². The van der Waals surface area contributed by atoms with E-state index in [1.54, 1.807) is 50.2 Å². The number of anilines is 2. The van der Waals surface area contributed by atoms with Crippen molar-refractivity contribution in [3.8, 4) is 11.5 Å². The normalized spacial score (nSPS) is 19.7. The van der Waals surface area contributed by atoms with Crippen LogP contribution in [-0.2, 0) is 23.9 Å². The lowest BCUT2D eigenvalue weighted by Crippen LogP contribution is -2.37. The number of benzene rings is 2. The van der Waals surface area contributed by atoms with Crippen molar-refractivity contribution in [2.24, 2.45) is 5.92 Å². The van der Waals surface area contributed by atoms with Crippen LogP contribution in [0, 0.1) is 12.8 Å². The molecule has 3 heterocycles. The number of phenols is 1. The number of aromatic hydroxyl groups is 1. The van der Waals surface area contributed by atoms with E-state index in [1.807, 2.05) is 6.07 Å². The summed E-state index contributed by atoms with van der Waals surface area (Å²) in [5.41, 5.74) is 1.29. The van der Waals surface area contributed by atoms with Crippen molar-refractivity contribution in [1.29, 1.82) is 0 Å². The van der Waals surface area contributed by atoms with Gasteiger partial charge >= 0.3 is 11.9 Å². The topological polar surface area (TPSA) is 132 Å². The van der Waals surface area contributed by atoms with Gasteiger partial charge in [0.1, 0.15) is 15.8 Å². The maximum absolute atomic E-state index is 14.2. The Balaban J connectivity index is 1.65. The highest BCUT2D eigenvalue weighted by Crippen LogP contribution is 2.51. The van der Waals surface area contributed by atoms with E-state index in [-0.39, 0.29) is 45.7 Å². The van der Waals surface area contributed by atoms with Crippen LogP contribution in [0.25, 0.3) is 0 Å². The highest BCUT2D eigenvalue weighted by atomic mass is 79.9. The summed E-state index contributed by atoms with van der Waals surface area (Å²) >= 11 is 4.17. The number of carbonyl (C=O) groups excluding carboxylic acids is 4. The Morgan fingerprint density at radius 2 is 1.79 bits per heavy atom. The average molecular weight is 660 g/mol. The first kappa shape index (κ1) is 29.5. The third-order valence-electron chi connectivity index (χ3n) is 7.00. The SMILES string of the molecule is CCOC(=O)c1sc(N2C(=O)[C@@H]3[C@@H](ON(c4ccccc4)[C@H]3c3cc(Br)c(O)c(OCC)c3)C2=O)c(C(=O)OC)c1C. The number of imide groups is 1. The van der Waals surface area contributed by atoms with E-state index in [1.165, 1.54) is 19.1 Å². The number of nitrogens with zero attached hydrogens (tertiary/aromatic N) is 2. The maximum Gasteiger partial charge on any atom is 0.348 e. The zero-order valence-electron chi connectivity index (χ0n) is 23.1. The Labute approximate surface area is 253 Å². The molecule has 0 spiro atoms. The molecule has 0 bridgehead atoms. The second-order valence-electron chi connectivity index (χ2n) is 9.40. The number of thiophene rings is 1. The van der Waals surface area contributed by atoms with E-state index in [0.717, 1.165) is 16.2 Å². The molecule has 0 saturated carbocycles. The smallest absolute Gasteiger partial charge is 0.348 e. The molecule has 220 valence electrons. The molecule has 0 radical (unpaired) electrons. The molecule has 11 nitrogen and oxygen atoms in total. The molecule has 13 heteroatoms. The minimum atomic E-state index is -1.25. The van der Waals surface area contributed by atoms with Crippen LogP contribution in [0.2, 0.25) is 0 Å². The van der Waals surface area contributed by atoms with Gasteiger partial charge in [0, 0.05) is 0 Å². The molecule has 2 aromatic carbocycles. The number of hydrogen-bond donors (Lipinski definition) is 1. The van der Waals surface area contributed by atoms with Gasteiger partial charge < -0.3 is 19.3 Å². The first-order valence-electron chi connectivity index (χ1n) is 13.1. The molecule has 2 saturated heterocycles. The molecular formula is C29H27BrN2O9S. The fourth-order valence-electron chi connectivity index (χ4n) is 5.17. The van der Waals surface area contributed by atoms with Crippen molar-refractivity contribution in [1.82, 2.24) is 0 Å². The fourth-order valence-corrected chi connectivity index (χ4v) is 6.83. The van der Waals surface area contributed by atoms with Crippen molar-refractivity contribution in [3.63, 3.8) is 0 Å². The maximum atomic E-state index is 14.2. The van der Waals surface area contributed by atoms with E-state index < -0.39 is 41.8 Å². The van der Waals surface area contributed by atoms with Crippen molar-refractivity contribution in [3.05, 3.63) is 68.5 Å². The van der Waals surface area contributed by atoms with Crippen LogP contribution in [0.3, 0.4) is 0 Å². The van der Waals surface area contributed by atoms with Crippen molar-refractivity contribution in [2.45, 2.75) is 32.9 Å². The van der Waals surface area contributed by atoms with Gasteiger partial charge in [-0.25, -0.2) is 19.6 Å². The third kappa shape index (κ3) is 4.80. The zero-order chi connectivity index (χ0) is 30.3. The second kappa shape index (κ2) is 11.7. The summed E-state index contributed by atoms with van der Waals surface area (Å²) in [6.45, 7) is 5.33. The second-order valence-corrected chi connectivity index (χ2v) is 11.3. The molecule has 1 N–H and O–H groups in total. The molecule has 1 aromatic heterocycles. The molecule has 42 heavy (non-hydrogen) atoms. The van der Waals surface area contributed by atoms with Gasteiger partial charge in [-0.05, 0) is 72.1 Å². The van der Waals surface area contributed by atoms with Gasteiger partial charge in [0.15, 0.2) is 17.6 Å². The van der Waals surface area contributed by atoms with Crippen LogP contribution >= 0.6 is 27.3 Å².